The molecule has 1 unspecified atom stereocenters. The summed E-state index contributed by atoms with van der Waals surface area (Å²) in [6, 6.07) is 0. The largest absolute Gasteiger partial charge is 0.386 e. The van der Waals surface area contributed by atoms with Crippen LogP contribution < -0.4 is 5.32 Å². The Hall–Kier alpha value is 0.932. The minimum Gasteiger partial charge on any atom is -0.386 e. The first-order chi connectivity index (χ1) is 4.12. The van der Waals surface area contributed by atoms with Gasteiger partial charge in [-0.15, -0.1) is 0 Å². The Morgan fingerprint density at radius 3 is 2.40 bits per heavy atom. The Balaban J connectivity index is 0. The summed E-state index contributed by atoms with van der Waals surface area (Å²) >= 11 is 0. The van der Waals surface area contributed by atoms with Crippen LogP contribution in [-0.4, -0.2) is 38.0 Å². The first-order valence-corrected chi connectivity index (χ1v) is 2.98. The third-order valence-electron chi connectivity index (χ3n) is 1.01. The van der Waals surface area contributed by atoms with Crippen LogP contribution in [0.25, 0.3) is 0 Å². The predicted octanol–water partition coefficient (Wildman–Crippen LogP) is -0.397. The van der Waals surface area contributed by atoms with Gasteiger partial charge in [-0.1, -0.05) is 0 Å². The molecular weight excluding hydrogens is 356 g/mol. The van der Waals surface area contributed by atoms with Crippen molar-refractivity contribution in [2.24, 2.45) is 0 Å². The van der Waals surface area contributed by atoms with Gasteiger partial charge in [-0.25, -0.2) is 0 Å². The molecule has 0 aliphatic carbocycles. The number of nitrogens with one attached hydrogen (secondary N) is 1. The first kappa shape index (κ1) is 13.5. The molecule has 0 fully saturated rings. The van der Waals surface area contributed by atoms with Gasteiger partial charge in [-0.3, -0.25) is 0 Å². The number of ether oxygens (including phenoxy) is 1. The Kier molecular flexibility index (Phi) is 8.96. The molecule has 0 aliphatic rings. The molecule has 0 saturated heterocycles. The maximum absolute atomic E-state index is 9.33. The SMILES string of the molecule is CNCC(C)(O)COC.[U]. The maximum Gasteiger partial charge on any atom is 0.0975 e. The van der Waals surface area contributed by atoms with Crippen LogP contribution in [0.3, 0.4) is 0 Å². The molecule has 0 heterocycles. The van der Waals surface area contributed by atoms with E-state index in [9.17, 15) is 5.11 Å². The van der Waals surface area contributed by atoms with E-state index >= 15 is 0 Å². The van der Waals surface area contributed by atoms with Crippen LogP contribution in [0.2, 0.25) is 0 Å². The molecule has 10 heavy (non-hydrogen) atoms. The van der Waals surface area contributed by atoms with Gasteiger partial charge in [-0.2, -0.15) is 0 Å². The number of rotatable bonds is 4. The van der Waals surface area contributed by atoms with Gasteiger partial charge in [0.25, 0.3) is 0 Å². The normalized spacial score (nSPS) is 15.6. The molecule has 1 atom stereocenters. The van der Waals surface area contributed by atoms with Crippen molar-refractivity contribution in [2.75, 3.05) is 27.3 Å². The van der Waals surface area contributed by atoms with Gasteiger partial charge in [-0.05, 0) is 14.0 Å². The molecule has 0 radical (unpaired) electrons. The number of hydrogen-bond donors (Lipinski definition) is 2. The molecule has 60 valence electrons. The summed E-state index contributed by atoms with van der Waals surface area (Å²) in [7, 11) is 3.37. The molecule has 0 rings (SSSR count). The van der Waals surface area contributed by atoms with E-state index in [-0.39, 0.29) is 31.1 Å². The third-order valence-corrected chi connectivity index (χ3v) is 1.01. The summed E-state index contributed by atoms with van der Waals surface area (Å²) < 4.78 is 4.77. The fourth-order valence-electron chi connectivity index (χ4n) is 0.743. The van der Waals surface area contributed by atoms with E-state index in [1.807, 2.05) is 0 Å². The molecule has 4 heteroatoms. The van der Waals surface area contributed by atoms with E-state index in [4.69, 9.17) is 4.74 Å². The average molecular weight is 371 g/mol. The van der Waals surface area contributed by atoms with Gasteiger partial charge in [0.1, 0.15) is 0 Å². The van der Waals surface area contributed by atoms with Gasteiger partial charge in [0.15, 0.2) is 0 Å². The van der Waals surface area contributed by atoms with E-state index < -0.39 is 5.60 Å². The molecule has 0 aromatic rings. The van der Waals surface area contributed by atoms with Gasteiger partial charge >= 0.3 is 0 Å². The fourth-order valence-corrected chi connectivity index (χ4v) is 0.743. The van der Waals surface area contributed by atoms with Crippen LogP contribution in [0.15, 0.2) is 0 Å². The standard InChI is InChI=1S/C6H15NO2.U/c1-6(8,4-7-2)5-9-3;/h7-8H,4-5H2,1-3H3;. The van der Waals surface area contributed by atoms with Gasteiger partial charge < -0.3 is 15.2 Å². The van der Waals surface area contributed by atoms with E-state index in [0.717, 1.165) is 0 Å². The van der Waals surface area contributed by atoms with Crippen LogP contribution in [0.4, 0.5) is 0 Å². The molecule has 0 spiro atoms. The molecule has 3 nitrogen and oxygen atoms in total. The van der Waals surface area contributed by atoms with Crippen molar-refractivity contribution in [1.29, 1.82) is 0 Å². The molecule has 2 N–H and O–H groups in total. The molecule has 0 amide bonds. The molecule has 0 aromatic heterocycles. The zero-order valence-corrected chi connectivity index (χ0v) is 10.9. The maximum atomic E-state index is 9.33. The molecular formula is C6H15NO2U. The summed E-state index contributed by atoms with van der Waals surface area (Å²) in [5.74, 6) is 0. The summed E-state index contributed by atoms with van der Waals surface area (Å²) in [4.78, 5) is 0. The van der Waals surface area contributed by atoms with Crippen molar-refractivity contribution in [3.8, 4) is 0 Å². The number of hydrogen-bond acceptors (Lipinski definition) is 3. The zero-order chi connectivity index (χ0) is 7.33. The van der Waals surface area contributed by atoms with Crippen LogP contribution >= 0.6 is 0 Å². The van der Waals surface area contributed by atoms with Crippen LogP contribution in [0.5, 0.6) is 0 Å². The second-order valence-electron chi connectivity index (χ2n) is 2.46. The number of likely N-dealkylation sites (N-methyl/N-ethyl adjacent to an activating group) is 1. The second-order valence-corrected chi connectivity index (χ2v) is 2.46. The zero-order valence-electron chi connectivity index (χ0n) is 6.77. The van der Waals surface area contributed by atoms with Crippen molar-refractivity contribution < 1.29 is 41.0 Å². The summed E-state index contributed by atoms with van der Waals surface area (Å²) in [6.45, 7) is 2.65. The van der Waals surface area contributed by atoms with E-state index in [2.05, 4.69) is 5.32 Å². The molecule has 0 aliphatic heterocycles. The Morgan fingerprint density at radius 1 is 1.60 bits per heavy atom. The quantitative estimate of drug-likeness (QED) is 0.707. The van der Waals surface area contributed by atoms with Crippen molar-refractivity contribution in [1.82, 2.24) is 5.32 Å². The van der Waals surface area contributed by atoms with Crippen molar-refractivity contribution in [3.63, 3.8) is 0 Å². The van der Waals surface area contributed by atoms with Crippen LogP contribution in [0.1, 0.15) is 6.92 Å². The second kappa shape index (κ2) is 6.63. The molecule has 0 aromatic carbocycles. The van der Waals surface area contributed by atoms with Gasteiger partial charge in [0.2, 0.25) is 0 Å². The minimum atomic E-state index is -0.733. The monoisotopic (exact) mass is 371 g/mol. The molecule has 0 bridgehead atoms. The fraction of sp³-hybridized carbons (Fsp3) is 1.00. The van der Waals surface area contributed by atoms with Crippen LogP contribution in [0, 0.1) is 31.1 Å². The van der Waals surface area contributed by atoms with Crippen molar-refractivity contribution in [3.05, 3.63) is 0 Å². The van der Waals surface area contributed by atoms with Crippen molar-refractivity contribution in [2.45, 2.75) is 12.5 Å². The summed E-state index contributed by atoms with van der Waals surface area (Å²) in [5, 5.41) is 12.2. The van der Waals surface area contributed by atoms with E-state index in [1.165, 1.54) is 0 Å². The van der Waals surface area contributed by atoms with Crippen molar-refractivity contribution >= 4 is 0 Å². The smallest absolute Gasteiger partial charge is 0.0975 e. The minimum absolute atomic E-state index is 0. The third kappa shape index (κ3) is 7.04. The Bertz CT molecular complexity index is 70.1. The summed E-state index contributed by atoms with van der Waals surface area (Å²) in [5.41, 5.74) is -0.733. The van der Waals surface area contributed by atoms with Gasteiger partial charge in [0, 0.05) is 44.8 Å². The van der Waals surface area contributed by atoms with Gasteiger partial charge in [0.05, 0.1) is 12.2 Å². The van der Waals surface area contributed by atoms with Crippen LogP contribution in [-0.2, 0) is 4.74 Å². The number of methoxy groups -OCH3 is 1. The van der Waals surface area contributed by atoms with E-state index in [1.54, 1.807) is 21.1 Å². The Morgan fingerprint density at radius 2 is 2.10 bits per heavy atom. The molecule has 0 saturated carbocycles. The number of aliphatic hydroxyl groups is 1. The average Bonchev–Trinajstić information content (AvgIpc) is 1.64. The predicted molar refractivity (Wildman–Crippen MR) is 36.4 cm³/mol. The summed E-state index contributed by atoms with van der Waals surface area (Å²) in [6.07, 6.45) is 0. The van der Waals surface area contributed by atoms with E-state index in [0.29, 0.717) is 13.2 Å². The first-order valence-electron chi connectivity index (χ1n) is 2.98. The topological polar surface area (TPSA) is 41.5 Å². The Labute approximate surface area is 85.9 Å².